The van der Waals surface area contributed by atoms with Crippen LogP contribution < -0.4 is 5.32 Å². The molecule has 0 saturated heterocycles. The first-order valence-electron chi connectivity index (χ1n) is 4.73. The lowest BCUT2D eigenvalue weighted by molar-refractivity contribution is 0.0949. The van der Waals surface area contributed by atoms with E-state index in [1.54, 1.807) is 0 Å². The van der Waals surface area contributed by atoms with Crippen LogP contribution in [0.1, 0.15) is 16.2 Å². The van der Waals surface area contributed by atoms with Crippen LogP contribution in [0.4, 0.5) is 8.78 Å². The van der Waals surface area contributed by atoms with Crippen LogP contribution in [0.25, 0.3) is 0 Å². The molecular weight excluding hydrogens is 268 g/mol. The summed E-state index contributed by atoms with van der Waals surface area (Å²) in [7, 11) is 0. The van der Waals surface area contributed by atoms with Crippen LogP contribution in [0.5, 0.6) is 0 Å². The molecule has 1 amide bonds. The number of nitrogens with one attached hydrogen (secondary N) is 2. The van der Waals surface area contributed by atoms with Gasteiger partial charge < -0.3 is 5.32 Å². The van der Waals surface area contributed by atoms with Gasteiger partial charge in [0.1, 0.15) is 0 Å². The Hall–Kier alpha value is -2.09. The molecular formula is C9H6ClF2N5O. The standard InChI is InChI=1S/C9H6ClF2N5O/c10-5-2-7(12)6(11)1-4(5)9(18)13-3-8-14-16-17-15-8/h1-2H,3H2,(H,13,18)(H,14,15,16,17). The zero-order valence-corrected chi connectivity index (χ0v) is 9.50. The summed E-state index contributed by atoms with van der Waals surface area (Å²) in [5.74, 6) is -2.68. The molecule has 0 spiro atoms. The largest absolute Gasteiger partial charge is 0.345 e. The number of halogens is 3. The van der Waals surface area contributed by atoms with Gasteiger partial charge in [-0.3, -0.25) is 4.79 Å². The summed E-state index contributed by atoms with van der Waals surface area (Å²) in [6.45, 7) is -0.00927. The van der Waals surface area contributed by atoms with Crippen molar-refractivity contribution in [3.63, 3.8) is 0 Å². The Morgan fingerprint density at radius 1 is 1.39 bits per heavy atom. The quantitative estimate of drug-likeness (QED) is 0.819. The Morgan fingerprint density at radius 2 is 2.11 bits per heavy atom. The lowest BCUT2D eigenvalue weighted by Crippen LogP contribution is -2.24. The van der Waals surface area contributed by atoms with Crippen molar-refractivity contribution in [3.8, 4) is 0 Å². The molecule has 0 aliphatic heterocycles. The zero-order valence-electron chi connectivity index (χ0n) is 8.75. The number of benzene rings is 1. The van der Waals surface area contributed by atoms with Crippen molar-refractivity contribution in [2.45, 2.75) is 6.54 Å². The fraction of sp³-hybridized carbons (Fsp3) is 0.111. The molecule has 1 aromatic heterocycles. The van der Waals surface area contributed by atoms with Crippen LogP contribution in [-0.4, -0.2) is 26.5 Å². The first-order valence-corrected chi connectivity index (χ1v) is 5.11. The highest BCUT2D eigenvalue weighted by molar-refractivity contribution is 6.33. The van der Waals surface area contributed by atoms with E-state index in [0.29, 0.717) is 0 Å². The summed E-state index contributed by atoms with van der Waals surface area (Å²) in [5.41, 5.74) is -0.168. The Labute approximate surface area is 104 Å². The maximum atomic E-state index is 13.0. The maximum Gasteiger partial charge on any atom is 0.253 e. The number of aromatic amines is 1. The summed E-state index contributed by atoms with van der Waals surface area (Å²) in [5, 5.41) is 14.9. The molecule has 1 aromatic carbocycles. The second kappa shape index (κ2) is 5.05. The molecule has 9 heteroatoms. The molecule has 2 aromatic rings. The van der Waals surface area contributed by atoms with E-state index >= 15 is 0 Å². The van der Waals surface area contributed by atoms with E-state index in [0.717, 1.165) is 12.1 Å². The highest BCUT2D eigenvalue weighted by atomic mass is 35.5. The number of tetrazole rings is 1. The average molecular weight is 274 g/mol. The monoisotopic (exact) mass is 273 g/mol. The van der Waals surface area contributed by atoms with Crippen molar-refractivity contribution in [2.24, 2.45) is 0 Å². The average Bonchev–Trinajstić information content (AvgIpc) is 2.84. The summed E-state index contributed by atoms with van der Waals surface area (Å²) in [6.07, 6.45) is 0. The van der Waals surface area contributed by atoms with E-state index in [-0.39, 0.29) is 23.0 Å². The van der Waals surface area contributed by atoms with E-state index in [1.165, 1.54) is 0 Å². The van der Waals surface area contributed by atoms with Gasteiger partial charge in [-0.1, -0.05) is 16.8 Å². The number of H-pyrrole nitrogens is 1. The van der Waals surface area contributed by atoms with Gasteiger partial charge in [0, 0.05) is 0 Å². The van der Waals surface area contributed by atoms with E-state index in [2.05, 4.69) is 25.9 Å². The highest BCUT2D eigenvalue weighted by Gasteiger charge is 2.15. The number of hydrogen-bond acceptors (Lipinski definition) is 4. The molecule has 0 atom stereocenters. The topological polar surface area (TPSA) is 83.6 Å². The van der Waals surface area contributed by atoms with E-state index < -0.39 is 17.5 Å². The molecule has 0 radical (unpaired) electrons. The minimum atomic E-state index is -1.15. The van der Waals surface area contributed by atoms with Crippen molar-refractivity contribution >= 4 is 17.5 Å². The third kappa shape index (κ3) is 2.59. The summed E-state index contributed by atoms with van der Waals surface area (Å²) in [6, 6.07) is 1.46. The van der Waals surface area contributed by atoms with Crippen LogP contribution in [0, 0.1) is 11.6 Å². The minimum Gasteiger partial charge on any atom is -0.345 e. The fourth-order valence-electron chi connectivity index (χ4n) is 1.21. The number of amides is 1. The molecule has 18 heavy (non-hydrogen) atoms. The van der Waals surface area contributed by atoms with Gasteiger partial charge in [0.05, 0.1) is 17.1 Å². The predicted molar refractivity (Wildman–Crippen MR) is 56.7 cm³/mol. The fourth-order valence-corrected chi connectivity index (χ4v) is 1.44. The molecule has 0 aliphatic carbocycles. The predicted octanol–water partition coefficient (Wildman–Crippen LogP) is 1.06. The zero-order chi connectivity index (χ0) is 13.1. The van der Waals surface area contributed by atoms with Gasteiger partial charge in [-0.25, -0.2) is 8.78 Å². The van der Waals surface area contributed by atoms with Crippen LogP contribution >= 0.6 is 11.6 Å². The van der Waals surface area contributed by atoms with Crippen LogP contribution in [0.15, 0.2) is 12.1 Å². The third-order valence-electron chi connectivity index (χ3n) is 2.05. The number of carbonyl (C=O) groups excluding carboxylic acids is 1. The van der Waals surface area contributed by atoms with E-state index in [9.17, 15) is 13.6 Å². The number of hydrogen-bond donors (Lipinski definition) is 2. The number of rotatable bonds is 3. The first kappa shape index (κ1) is 12.4. The molecule has 0 unspecified atom stereocenters. The molecule has 0 aliphatic rings. The normalized spacial score (nSPS) is 10.4. The number of nitrogens with zero attached hydrogens (tertiary/aromatic N) is 3. The second-order valence-corrected chi connectivity index (χ2v) is 3.66. The lowest BCUT2D eigenvalue weighted by atomic mass is 10.2. The molecule has 2 rings (SSSR count). The Morgan fingerprint density at radius 3 is 2.78 bits per heavy atom. The number of aromatic nitrogens is 4. The van der Waals surface area contributed by atoms with Gasteiger partial charge in [0.2, 0.25) is 0 Å². The third-order valence-corrected chi connectivity index (χ3v) is 2.36. The van der Waals surface area contributed by atoms with Crippen molar-refractivity contribution in [3.05, 3.63) is 40.2 Å². The van der Waals surface area contributed by atoms with Crippen molar-refractivity contribution < 1.29 is 13.6 Å². The van der Waals surface area contributed by atoms with Crippen molar-refractivity contribution in [1.82, 2.24) is 25.9 Å². The first-order chi connectivity index (χ1) is 8.58. The van der Waals surface area contributed by atoms with Gasteiger partial charge in [0.25, 0.3) is 5.91 Å². The van der Waals surface area contributed by atoms with Gasteiger partial charge in [-0.15, -0.1) is 10.2 Å². The minimum absolute atomic E-state index is 0.00927. The highest BCUT2D eigenvalue weighted by Crippen LogP contribution is 2.19. The van der Waals surface area contributed by atoms with Crippen LogP contribution in [0.2, 0.25) is 5.02 Å². The Bertz CT molecular complexity index is 575. The molecule has 1 heterocycles. The number of carbonyl (C=O) groups is 1. The molecule has 0 bridgehead atoms. The van der Waals surface area contributed by atoms with Gasteiger partial charge in [-0.2, -0.15) is 5.21 Å². The molecule has 6 nitrogen and oxygen atoms in total. The summed E-state index contributed by atoms with van der Waals surface area (Å²) in [4.78, 5) is 11.7. The van der Waals surface area contributed by atoms with Gasteiger partial charge in [0.15, 0.2) is 17.5 Å². The van der Waals surface area contributed by atoms with Crippen LogP contribution in [0.3, 0.4) is 0 Å². The summed E-state index contributed by atoms with van der Waals surface area (Å²) < 4.78 is 25.8. The molecule has 0 fully saturated rings. The van der Waals surface area contributed by atoms with Crippen molar-refractivity contribution in [2.75, 3.05) is 0 Å². The molecule has 94 valence electrons. The van der Waals surface area contributed by atoms with Gasteiger partial charge >= 0.3 is 0 Å². The van der Waals surface area contributed by atoms with Crippen LogP contribution in [-0.2, 0) is 6.54 Å². The van der Waals surface area contributed by atoms with E-state index in [1.807, 2.05) is 0 Å². The van der Waals surface area contributed by atoms with E-state index in [4.69, 9.17) is 11.6 Å². The molecule has 0 saturated carbocycles. The SMILES string of the molecule is O=C(NCc1nn[nH]n1)c1cc(F)c(F)cc1Cl. The maximum absolute atomic E-state index is 13.0. The smallest absolute Gasteiger partial charge is 0.253 e. The lowest BCUT2D eigenvalue weighted by Gasteiger charge is -2.05. The Kier molecular flexibility index (Phi) is 3.47. The van der Waals surface area contributed by atoms with Gasteiger partial charge in [-0.05, 0) is 12.1 Å². The molecule has 2 N–H and O–H groups in total. The van der Waals surface area contributed by atoms with Crippen molar-refractivity contribution in [1.29, 1.82) is 0 Å². The second-order valence-electron chi connectivity index (χ2n) is 3.26. The summed E-state index contributed by atoms with van der Waals surface area (Å²) >= 11 is 5.64. The Balaban J connectivity index is 2.11.